The molecule has 0 bridgehead atoms. The Kier molecular flexibility index (Phi) is 11.3. The first-order valence-electron chi connectivity index (χ1n) is 3.73. The van der Waals surface area contributed by atoms with Crippen molar-refractivity contribution in [1.29, 1.82) is 0 Å². The van der Waals surface area contributed by atoms with E-state index in [9.17, 15) is 4.79 Å². The van der Waals surface area contributed by atoms with Crippen molar-refractivity contribution in [2.75, 3.05) is 20.7 Å². The van der Waals surface area contributed by atoms with Crippen LogP contribution >= 0.6 is 0 Å². The number of ether oxygens (including phenoxy) is 1. The number of carbonyl (C=O) groups excluding carboxylic acids is 1. The van der Waals surface area contributed by atoms with Gasteiger partial charge in [-0.15, -0.1) is 0 Å². The lowest BCUT2D eigenvalue weighted by Gasteiger charge is -1.98. The Balaban J connectivity index is 0. The van der Waals surface area contributed by atoms with Crippen molar-refractivity contribution in [2.24, 2.45) is 0 Å². The van der Waals surface area contributed by atoms with E-state index in [1.807, 2.05) is 21.0 Å². The van der Waals surface area contributed by atoms with Gasteiger partial charge in [-0.3, -0.25) is 0 Å². The van der Waals surface area contributed by atoms with Gasteiger partial charge in [0, 0.05) is 0 Å². The van der Waals surface area contributed by atoms with Crippen molar-refractivity contribution in [2.45, 2.75) is 13.3 Å². The van der Waals surface area contributed by atoms with Crippen LogP contribution in [-0.2, 0) is 9.53 Å². The van der Waals surface area contributed by atoms with Crippen molar-refractivity contribution in [3.63, 3.8) is 0 Å². The molecule has 12 heavy (non-hydrogen) atoms. The summed E-state index contributed by atoms with van der Waals surface area (Å²) in [6.45, 7) is 5.19. The second kappa shape index (κ2) is 9.97. The molecule has 0 rings (SSSR count). The SMILES string of the molecule is C=C(O)C(=O)OCCC.CNC. The molecule has 0 amide bonds. The van der Waals surface area contributed by atoms with Gasteiger partial charge in [-0.2, -0.15) is 0 Å². The molecule has 4 heteroatoms. The lowest BCUT2D eigenvalue weighted by molar-refractivity contribution is -0.141. The molecular weight excluding hydrogens is 158 g/mol. The fourth-order valence-corrected chi connectivity index (χ4v) is 0.278. The van der Waals surface area contributed by atoms with Gasteiger partial charge in [-0.1, -0.05) is 6.92 Å². The maximum Gasteiger partial charge on any atom is 0.372 e. The molecule has 4 nitrogen and oxygen atoms in total. The van der Waals surface area contributed by atoms with Gasteiger partial charge in [0.15, 0.2) is 5.76 Å². The Morgan fingerprint density at radius 2 is 2.00 bits per heavy atom. The van der Waals surface area contributed by atoms with Crippen molar-refractivity contribution in [1.82, 2.24) is 5.32 Å². The van der Waals surface area contributed by atoms with Crippen LogP contribution in [0.5, 0.6) is 0 Å². The zero-order chi connectivity index (χ0) is 9.98. The van der Waals surface area contributed by atoms with Gasteiger partial charge >= 0.3 is 5.97 Å². The van der Waals surface area contributed by atoms with Crippen molar-refractivity contribution >= 4 is 5.97 Å². The van der Waals surface area contributed by atoms with Gasteiger partial charge in [0.25, 0.3) is 0 Å². The van der Waals surface area contributed by atoms with E-state index in [0.717, 1.165) is 6.42 Å². The van der Waals surface area contributed by atoms with Gasteiger partial charge in [-0.05, 0) is 27.1 Å². The summed E-state index contributed by atoms with van der Waals surface area (Å²) in [4.78, 5) is 10.3. The lowest BCUT2D eigenvalue weighted by atomic mass is 10.5. The molecule has 0 aromatic rings. The molecule has 72 valence electrons. The van der Waals surface area contributed by atoms with Crippen LogP contribution in [0.3, 0.4) is 0 Å². The quantitative estimate of drug-likeness (QED) is 0.379. The lowest BCUT2D eigenvalue weighted by Crippen LogP contribution is -2.06. The predicted molar refractivity (Wildman–Crippen MR) is 48.0 cm³/mol. The predicted octanol–water partition coefficient (Wildman–Crippen LogP) is 0.847. The molecule has 0 aromatic heterocycles. The van der Waals surface area contributed by atoms with Crippen LogP contribution in [0.15, 0.2) is 12.3 Å². The Morgan fingerprint density at radius 1 is 1.58 bits per heavy atom. The standard InChI is InChI=1S/C6H10O3.C2H7N/c1-3-4-9-6(8)5(2)7;1-3-2/h7H,2-4H2,1H3;3H,1-2H3. The van der Waals surface area contributed by atoms with E-state index >= 15 is 0 Å². The largest absolute Gasteiger partial charge is 0.502 e. The molecular formula is C8H17NO3. The molecule has 0 fully saturated rings. The average Bonchev–Trinajstić information content (AvgIpc) is 2.01. The number of nitrogens with one attached hydrogen (secondary N) is 1. The van der Waals surface area contributed by atoms with Crippen LogP contribution in [0.4, 0.5) is 0 Å². The molecule has 0 heterocycles. The normalized spacial score (nSPS) is 7.92. The molecule has 0 aromatic carbocycles. The Labute approximate surface area is 73.2 Å². The zero-order valence-electron chi connectivity index (χ0n) is 7.89. The van der Waals surface area contributed by atoms with Crippen molar-refractivity contribution in [3.8, 4) is 0 Å². The van der Waals surface area contributed by atoms with Gasteiger partial charge in [-0.25, -0.2) is 4.79 Å². The first-order chi connectivity index (χ1) is 5.59. The van der Waals surface area contributed by atoms with Crippen molar-refractivity contribution < 1.29 is 14.6 Å². The highest BCUT2D eigenvalue weighted by Gasteiger charge is 2.02. The summed E-state index contributed by atoms with van der Waals surface area (Å²) in [5.74, 6) is -1.28. The van der Waals surface area contributed by atoms with Crippen LogP contribution < -0.4 is 5.32 Å². The van der Waals surface area contributed by atoms with Crippen LogP contribution in [-0.4, -0.2) is 31.8 Å². The van der Waals surface area contributed by atoms with Gasteiger partial charge < -0.3 is 15.2 Å². The van der Waals surface area contributed by atoms with Crippen LogP contribution in [0.2, 0.25) is 0 Å². The minimum absolute atomic E-state index is 0.332. The molecule has 0 unspecified atom stereocenters. The maximum atomic E-state index is 10.3. The molecule has 2 N–H and O–H groups in total. The Bertz CT molecular complexity index is 134. The Hall–Kier alpha value is -1.03. The highest BCUT2D eigenvalue weighted by Crippen LogP contribution is 1.88. The second-order valence-corrected chi connectivity index (χ2v) is 2.08. The number of hydrogen-bond acceptors (Lipinski definition) is 4. The first kappa shape index (κ1) is 13.6. The second-order valence-electron chi connectivity index (χ2n) is 2.08. The molecule has 0 saturated heterocycles. The van der Waals surface area contributed by atoms with Crippen LogP contribution in [0.25, 0.3) is 0 Å². The van der Waals surface area contributed by atoms with Crippen LogP contribution in [0.1, 0.15) is 13.3 Å². The van der Waals surface area contributed by atoms with E-state index < -0.39 is 11.7 Å². The van der Waals surface area contributed by atoms with E-state index in [1.54, 1.807) is 0 Å². The molecule has 0 aliphatic rings. The van der Waals surface area contributed by atoms with E-state index in [1.165, 1.54) is 0 Å². The summed E-state index contributed by atoms with van der Waals surface area (Å²) in [7, 11) is 3.75. The summed E-state index contributed by atoms with van der Waals surface area (Å²) < 4.78 is 4.46. The third-order valence-corrected chi connectivity index (χ3v) is 0.673. The van der Waals surface area contributed by atoms with Gasteiger partial charge in [0.1, 0.15) is 0 Å². The summed E-state index contributed by atoms with van der Waals surface area (Å²) in [5.41, 5.74) is 0. The molecule has 0 aliphatic carbocycles. The third kappa shape index (κ3) is 11.7. The first-order valence-corrected chi connectivity index (χ1v) is 3.73. The maximum absolute atomic E-state index is 10.3. The fourth-order valence-electron chi connectivity index (χ4n) is 0.278. The van der Waals surface area contributed by atoms with E-state index in [2.05, 4.69) is 16.6 Å². The minimum atomic E-state index is -0.739. The number of esters is 1. The van der Waals surface area contributed by atoms with Crippen LogP contribution in [0, 0.1) is 0 Å². The van der Waals surface area contributed by atoms with Gasteiger partial charge in [0.2, 0.25) is 0 Å². The molecule has 0 aliphatic heterocycles. The number of aliphatic hydroxyl groups is 1. The summed E-state index contributed by atoms with van der Waals surface area (Å²) >= 11 is 0. The highest BCUT2D eigenvalue weighted by atomic mass is 16.5. The number of aliphatic hydroxyl groups excluding tert-OH is 1. The average molecular weight is 175 g/mol. The number of rotatable bonds is 3. The fraction of sp³-hybridized carbons (Fsp3) is 0.625. The van der Waals surface area contributed by atoms with E-state index in [4.69, 9.17) is 5.11 Å². The monoisotopic (exact) mass is 175 g/mol. The van der Waals surface area contributed by atoms with E-state index in [0.29, 0.717) is 6.61 Å². The van der Waals surface area contributed by atoms with Gasteiger partial charge in [0.05, 0.1) is 6.61 Å². The zero-order valence-corrected chi connectivity index (χ0v) is 7.89. The topological polar surface area (TPSA) is 58.6 Å². The van der Waals surface area contributed by atoms with Crippen molar-refractivity contribution in [3.05, 3.63) is 12.3 Å². The summed E-state index contributed by atoms with van der Waals surface area (Å²) in [5, 5.41) is 11.1. The molecule has 0 atom stereocenters. The Morgan fingerprint density at radius 3 is 2.25 bits per heavy atom. The summed E-state index contributed by atoms with van der Waals surface area (Å²) in [6.07, 6.45) is 0.749. The third-order valence-electron chi connectivity index (χ3n) is 0.673. The van der Waals surface area contributed by atoms with E-state index in [-0.39, 0.29) is 0 Å². The molecule has 0 saturated carbocycles. The smallest absolute Gasteiger partial charge is 0.372 e. The number of hydrogen-bond donors (Lipinski definition) is 2. The highest BCUT2D eigenvalue weighted by molar-refractivity contribution is 5.84. The molecule has 0 radical (unpaired) electrons. The minimum Gasteiger partial charge on any atom is -0.502 e. The number of carbonyl (C=O) groups is 1. The molecule has 0 spiro atoms. The summed E-state index contributed by atoms with van der Waals surface area (Å²) in [6, 6.07) is 0.